The van der Waals surface area contributed by atoms with Crippen LogP contribution in [0.3, 0.4) is 0 Å². The van der Waals surface area contributed by atoms with Crippen molar-refractivity contribution < 1.29 is 14.3 Å². The standard InChI is InChI=1S/C13H12N2O3/c1-6-7(5-14)13(15)11-9(17)4-3-8(16)10(11)12(6,2)18-13/h3-4,10-11H,15H2,1-2H3/t10-,11-,12+,13-/m0/s1. The Hall–Kier alpha value is -1.77. The van der Waals surface area contributed by atoms with Crippen molar-refractivity contribution in [2.75, 3.05) is 0 Å². The zero-order chi connectivity index (χ0) is 13.3. The fraction of sp³-hybridized carbons (Fsp3) is 0.462. The lowest BCUT2D eigenvalue weighted by atomic mass is 9.63. The van der Waals surface area contributed by atoms with E-state index in [0.717, 1.165) is 0 Å². The Bertz CT molecular complexity index is 598. The first-order chi connectivity index (χ1) is 8.36. The number of nitrogens with two attached hydrogens (primary N) is 1. The molecule has 0 radical (unpaired) electrons. The van der Waals surface area contributed by atoms with E-state index in [1.165, 1.54) is 12.2 Å². The van der Waals surface area contributed by atoms with Crippen LogP contribution in [0, 0.1) is 23.2 Å². The Morgan fingerprint density at radius 2 is 1.89 bits per heavy atom. The highest BCUT2D eigenvalue weighted by Crippen LogP contribution is 2.59. The van der Waals surface area contributed by atoms with Crippen molar-refractivity contribution in [1.29, 1.82) is 5.26 Å². The second-order valence-corrected chi connectivity index (χ2v) is 5.21. The van der Waals surface area contributed by atoms with Crippen LogP contribution in [-0.4, -0.2) is 22.9 Å². The van der Waals surface area contributed by atoms with Crippen molar-refractivity contribution in [3.63, 3.8) is 0 Å². The van der Waals surface area contributed by atoms with Gasteiger partial charge in [0.05, 0.1) is 23.5 Å². The van der Waals surface area contributed by atoms with E-state index >= 15 is 0 Å². The molecule has 5 nitrogen and oxygen atoms in total. The number of ketones is 2. The van der Waals surface area contributed by atoms with Crippen molar-refractivity contribution in [3.05, 3.63) is 23.3 Å². The first kappa shape index (κ1) is 11.3. The maximum absolute atomic E-state index is 12.0. The monoisotopic (exact) mass is 244 g/mol. The smallest absolute Gasteiger partial charge is 0.164 e. The van der Waals surface area contributed by atoms with Crippen LogP contribution in [-0.2, 0) is 14.3 Å². The van der Waals surface area contributed by atoms with Gasteiger partial charge in [-0.05, 0) is 31.6 Å². The molecule has 4 atom stereocenters. The first-order valence-electron chi connectivity index (χ1n) is 5.73. The van der Waals surface area contributed by atoms with E-state index in [1.54, 1.807) is 13.8 Å². The first-order valence-corrected chi connectivity index (χ1v) is 5.73. The van der Waals surface area contributed by atoms with Crippen LogP contribution in [0.1, 0.15) is 13.8 Å². The molecule has 5 heteroatoms. The maximum Gasteiger partial charge on any atom is 0.164 e. The molecule has 1 fully saturated rings. The minimum atomic E-state index is -1.45. The average molecular weight is 244 g/mol. The third-order valence-electron chi connectivity index (χ3n) is 4.42. The van der Waals surface area contributed by atoms with Gasteiger partial charge < -0.3 is 4.74 Å². The van der Waals surface area contributed by atoms with Gasteiger partial charge in [0, 0.05) is 0 Å². The van der Waals surface area contributed by atoms with E-state index in [4.69, 9.17) is 10.5 Å². The Morgan fingerprint density at radius 1 is 1.33 bits per heavy atom. The van der Waals surface area contributed by atoms with Crippen LogP contribution in [0.15, 0.2) is 23.3 Å². The van der Waals surface area contributed by atoms with E-state index in [0.29, 0.717) is 5.57 Å². The molecule has 1 saturated heterocycles. The van der Waals surface area contributed by atoms with Gasteiger partial charge in [-0.25, -0.2) is 0 Å². The number of allylic oxidation sites excluding steroid dienone is 2. The Labute approximate surface area is 104 Å². The second kappa shape index (κ2) is 2.97. The highest BCUT2D eigenvalue weighted by molar-refractivity contribution is 6.09. The molecule has 2 bridgehead atoms. The zero-order valence-corrected chi connectivity index (χ0v) is 10.1. The highest BCUT2D eigenvalue weighted by atomic mass is 16.6. The predicted octanol–water partition coefficient (Wildman–Crippen LogP) is 0.224. The summed E-state index contributed by atoms with van der Waals surface area (Å²) in [4.78, 5) is 24.0. The fourth-order valence-corrected chi connectivity index (χ4v) is 3.46. The van der Waals surface area contributed by atoms with Gasteiger partial charge in [0.2, 0.25) is 0 Å². The van der Waals surface area contributed by atoms with Gasteiger partial charge in [-0.2, -0.15) is 5.26 Å². The van der Waals surface area contributed by atoms with Gasteiger partial charge in [0.25, 0.3) is 0 Å². The van der Waals surface area contributed by atoms with Crippen molar-refractivity contribution in [2.45, 2.75) is 25.2 Å². The predicted molar refractivity (Wildman–Crippen MR) is 60.9 cm³/mol. The van der Waals surface area contributed by atoms with Gasteiger partial charge in [0.1, 0.15) is 5.60 Å². The molecule has 1 aliphatic carbocycles. The number of ether oxygens (including phenoxy) is 1. The number of rotatable bonds is 0. The molecule has 0 aromatic heterocycles. The molecule has 0 spiro atoms. The number of nitrogens with zero attached hydrogens (tertiary/aromatic N) is 1. The lowest BCUT2D eigenvalue weighted by molar-refractivity contribution is -0.130. The highest BCUT2D eigenvalue weighted by Gasteiger charge is 2.71. The average Bonchev–Trinajstić information content (AvgIpc) is 2.66. The normalized spacial score (nSPS) is 45.4. The summed E-state index contributed by atoms with van der Waals surface area (Å²) in [6.45, 7) is 3.46. The van der Waals surface area contributed by atoms with E-state index in [9.17, 15) is 14.9 Å². The molecule has 3 aliphatic rings. The SMILES string of the molecule is CC1=C(C#N)[C@]2(N)O[C@@]1(C)[C@H]1C(=O)C=CC(=O)[C@@H]12. The number of nitriles is 1. The lowest BCUT2D eigenvalue weighted by Gasteiger charge is -2.35. The van der Waals surface area contributed by atoms with Gasteiger partial charge in [-0.1, -0.05) is 0 Å². The molecule has 92 valence electrons. The van der Waals surface area contributed by atoms with Crippen molar-refractivity contribution >= 4 is 11.6 Å². The number of hydrogen-bond donors (Lipinski definition) is 1. The summed E-state index contributed by atoms with van der Waals surface area (Å²) < 4.78 is 5.75. The van der Waals surface area contributed by atoms with E-state index < -0.39 is 23.2 Å². The van der Waals surface area contributed by atoms with Crippen LogP contribution >= 0.6 is 0 Å². The second-order valence-electron chi connectivity index (χ2n) is 5.21. The van der Waals surface area contributed by atoms with Crippen molar-refractivity contribution in [2.24, 2.45) is 17.6 Å². The van der Waals surface area contributed by atoms with E-state index in [-0.39, 0.29) is 17.1 Å². The summed E-state index contributed by atoms with van der Waals surface area (Å²) in [5.74, 6) is -1.80. The summed E-state index contributed by atoms with van der Waals surface area (Å²) in [5, 5.41) is 9.20. The molecular formula is C13H12N2O3. The fourth-order valence-electron chi connectivity index (χ4n) is 3.46. The molecular weight excluding hydrogens is 232 g/mol. The summed E-state index contributed by atoms with van der Waals surface area (Å²) in [6.07, 6.45) is 2.51. The summed E-state index contributed by atoms with van der Waals surface area (Å²) >= 11 is 0. The topological polar surface area (TPSA) is 93.2 Å². The van der Waals surface area contributed by atoms with Gasteiger partial charge in [-0.3, -0.25) is 15.3 Å². The molecule has 0 aromatic carbocycles. The number of fused-ring (bicyclic) bond motifs is 5. The van der Waals surface area contributed by atoms with Crippen LogP contribution in [0.4, 0.5) is 0 Å². The summed E-state index contributed by atoms with van der Waals surface area (Å²) in [5.41, 5.74) is 4.67. The third kappa shape index (κ3) is 0.949. The largest absolute Gasteiger partial charge is 0.344 e. The zero-order valence-electron chi connectivity index (χ0n) is 10.1. The van der Waals surface area contributed by atoms with Crippen LogP contribution < -0.4 is 5.73 Å². The molecule has 0 amide bonds. The van der Waals surface area contributed by atoms with Gasteiger partial charge in [-0.15, -0.1) is 0 Å². The van der Waals surface area contributed by atoms with E-state index in [1.807, 2.05) is 6.07 Å². The summed E-state index contributed by atoms with van der Waals surface area (Å²) in [6, 6.07) is 2.02. The van der Waals surface area contributed by atoms with E-state index in [2.05, 4.69) is 0 Å². The maximum atomic E-state index is 12.0. The minimum Gasteiger partial charge on any atom is -0.344 e. The quantitative estimate of drug-likeness (QED) is 0.658. The third-order valence-corrected chi connectivity index (χ3v) is 4.42. The molecule has 2 heterocycles. The van der Waals surface area contributed by atoms with Crippen LogP contribution in [0.2, 0.25) is 0 Å². The van der Waals surface area contributed by atoms with Crippen LogP contribution in [0.5, 0.6) is 0 Å². The minimum absolute atomic E-state index is 0.161. The molecule has 2 aliphatic heterocycles. The molecule has 3 rings (SSSR count). The molecule has 18 heavy (non-hydrogen) atoms. The Kier molecular flexibility index (Phi) is 1.87. The van der Waals surface area contributed by atoms with Gasteiger partial charge in [0.15, 0.2) is 17.3 Å². The molecule has 0 aromatic rings. The Morgan fingerprint density at radius 3 is 2.44 bits per heavy atom. The van der Waals surface area contributed by atoms with Crippen molar-refractivity contribution in [1.82, 2.24) is 0 Å². The molecule has 2 N–H and O–H groups in total. The number of carbonyl (C=O) groups excluding carboxylic acids is 2. The van der Waals surface area contributed by atoms with Crippen molar-refractivity contribution in [3.8, 4) is 6.07 Å². The Balaban J connectivity index is 2.29. The number of carbonyl (C=O) groups is 2. The van der Waals surface area contributed by atoms with Gasteiger partial charge >= 0.3 is 0 Å². The van der Waals surface area contributed by atoms with Crippen LogP contribution in [0.25, 0.3) is 0 Å². The summed E-state index contributed by atoms with van der Waals surface area (Å²) in [7, 11) is 0. The molecule has 0 saturated carbocycles. The number of hydrogen-bond acceptors (Lipinski definition) is 5. The molecule has 0 unspecified atom stereocenters. The lowest BCUT2D eigenvalue weighted by Crippen LogP contribution is -2.54.